The van der Waals surface area contributed by atoms with Crippen LogP contribution in [0.5, 0.6) is 0 Å². The zero-order valence-electron chi connectivity index (χ0n) is 13.5. The number of esters is 1. The van der Waals surface area contributed by atoms with Crippen molar-refractivity contribution in [3.05, 3.63) is 0 Å². The average Bonchev–Trinajstić information content (AvgIpc) is 2.43. The summed E-state index contributed by atoms with van der Waals surface area (Å²) in [5, 5.41) is 3.31. The van der Waals surface area contributed by atoms with Crippen LogP contribution < -0.4 is 5.32 Å². The summed E-state index contributed by atoms with van der Waals surface area (Å²) in [7, 11) is 0. The Morgan fingerprint density at radius 3 is 2.65 bits per heavy atom. The van der Waals surface area contributed by atoms with Crippen LogP contribution in [0, 0.1) is 0 Å². The third kappa shape index (κ3) is 5.38. The Bertz CT molecular complexity index is 286. The molecule has 0 amide bonds. The largest absolute Gasteiger partial charge is 0.465 e. The Balaban J connectivity index is 2.50. The molecule has 1 saturated heterocycles. The number of piperazine rings is 1. The quantitative estimate of drug-likeness (QED) is 0.673. The number of hydrogen-bond donors (Lipinski definition) is 1. The van der Waals surface area contributed by atoms with Crippen LogP contribution in [-0.4, -0.2) is 73.7 Å². The van der Waals surface area contributed by atoms with Crippen molar-refractivity contribution in [1.29, 1.82) is 0 Å². The summed E-state index contributed by atoms with van der Waals surface area (Å²) in [4.78, 5) is 16.9. The van der Waals surface area contributed by atoms with Gasteiger partial charge in [0, 0.05) is 32.2 Å². The monoisotopic (exact) mass is 285 g/mol. The third-order valence-electron chi connectivity index (χ3n) is 3.91. The zero-order valence-corrected chi connectivity index (χ0v) is 13.5. The molecule has 0 aromatic rings. The minimum absolute atomic E-state index is 0.119. The fourth-order valence-electron chi connectivity index (χ4n) is 2.75. The number of ether oxygens (including phenoxy) is 1. The minimum atomic E-state index is -0.199. The topological polar surface area (TPSA) is 44.8 Å². The first-order valence-electron chi connectivity index (χ1n) is 7.98. The second-order valence-corrected chi connectivity index (χ2v) is 5.50. The fourth-order valence-corrected chi connectivity index (χ4v) is 2.75. The Morgan fingerprint density at radius 2 is 2.10 bits per heavy atom. The van der Waals surface area contributed by atoms with Crippen molar-refractivity contribution in [3.8, 4) is 0 Å². The van der Waals surface area contributed by atoms with E-state index in [2.05, 4.69) is 35.9 Å². The van der Waals surface area contributed by atoms with Crippen LogP contribution in [-0.2, 0) is 9.53 Å². The molecule has 0 spiro atoms. The average molecular weight is 285 g/mol. The zero-order chi connectivity index (χ0) is 15.0. The van der Waals surface area contributed by atoms with Gasteiger partial charge in [0.15, 0.2) is 0 Å². The van der Waals surface area contributed by atoms with E-state index in [1.54, 1.807) is 0 Å². The molecule has 0 bridgehead atoms. The van der Waals surface area contributed by atoms with E-state index in [-0.39, 0.29) is 12.0 Å². The molecule has 1 N–H and O–H groups in total. The molecular formula is C15H31N3O2. The smallest absolute Gasteiger partial charge is 0.324 e. The first-order chi connectivity index (χ1) is 9.62. The van der Waals surface area contributed by atoms with Crippen LogP contribution in [0.2, 0.25) is 0 Å². The first-order valence-corrected chi connectivity index (χ1v) is 7.98. The van der Waals surface area contributed by atoms with Crippen molar-refractivity contribution < 1.29 is 9.53 Å². The standard InChI is InChI=1S/C15H31N3O2/c1-5-8-16-14(15(19)20-7-3)12-17-9-10-18(6-2)13(4)11-17/h13-14,16H,5-12H2,1-4H3. The van der Waals surface area contributed by atoms with Crippen molar-refractivity contribution in [2.75, 3.05) is 45.9 Å². The highest BCUT2D eigenvalue weighted by Gasteiger charge is 2.27. The molecule has 0 aromatic heterocycles. The summed E-state index contributed by atoms with van der Waals surface area (Å²) >= 11 is 0. The fraction of sp³-hybridized carbons (Fsp3) is 0.933. The molecule has 1 fully saturated rings. The summed E-state index contributed by atoms with van der Waals surface area (Å²) in [5.41, 5.74) is 0. The van der Waals surface area contributed by atoms with E-state index in [9.17, 15) is 4.79 Å². The first kappa shape index (κ1) is 17.4. The maximum Gasteiger partial charge on any atom is 0.324 e. The van der Waals surface area contributed by atoms with Gasteiger partial charge in [-0.3, -0.25) is 14.6 Å². The molecule has 5 heteroatoms. The highest BCUT2D eigenvalue weighted by atomic mass is 16.5. The number of likely N-dealkylation sites (N-methyl/N-ethyl adjacent to an activating group) is 1. The summed E-state index contributed by atoms with van der Waals surface area (Å²) in [5.74, 6) is -0.119. The van der Waals surface area contributed by atoms with Crippen molar-refractivity contribution in [2.45, 2.75) is 46.2 Å². The van der Waals surface area contributed by atoms with Crippen LogP contribution in [0.1, 0.15) is 34.1 Å². The van der Waals surface area contributed by atoms with Gasteiger partial charge >= 0.3 is 5.97 Å². The van der Waals surface area contributed by atoms with Gasteiger partial charge in [-0.05, 0) is 33.4 Å². The van der Waals surface area contributed by atoms with Crippen molar-refractivity contribution in [3.63, 3.8) is 0 Å². The highest BCUT2D eigenvalue weighted by molar-refractivity contribution is 5.76. The number of nitrogens with zero attached hydrogens (tertiary/aromatic N) is 2. The van der Waals surface area contributed by atoms with E-state index in [0.717, 1.165) is 45.7 Å². The van der Waals surface area contributed by atoms with E-state index < -0.39 is 0 Å². The molecule has 1 aliphatic rings. The van der Waals surface area contributed by atoms with Gasteiger partial charge in [-0.15, -0.1) is 0 Å². The van der Waals surface area contributed by atoms with Crippen LogP contribution in [0.15, 0.2) is 0 Å². The van der Waals surface area contributed by atoms with Gasteiger partial charge in [-0.1, -0.05) is 13.8 Å². The lowest BCUT2D eigenvalue weighted by molar-refractivity contribution is -0.146. The highest BCUT2D eigenvalue weighted by Crippen LogP contribution is 2.09. The Kier molecular flexibility index (Phi) is 8.11. The second kappa shape index (κ2) is 9.32. The van der Waals surface area contributed by atoms with Crippen LogP contribution in [0.3, 0.4) is 0 Å². The molecule has 2 unspecified atom stereocenters. The lowest BCUT2D eigenvalue weighted by Crippen LogP contribution is -2.56. The number of carbonyl (C=O) groups is 1. The predicted octanol–water partition coefficient (Wildman–Crippen LogP) is 0.944. The van der Waals surface area contributed by atoms with E-state index in [1.807, 2.05) is 6.92 Å². The number of rotatable bonds is 8. The molecule has 0 aliphatic carbocycles. The molecule has 0 aromatic carbocycles. The van der Waals surface area contributed by atoms with Crippen LogP contribution >= 0.6 is 0 Å². The van der Waals surface area contributed by atoms with Crippen molar-refractivity contribution in [2.24, 2.45) is 0 Å². The summed E-state index contributed by atoms with van der Waals surface area (Å²) < 4.78 is 5.17. The van der Waals surface area contributed by atoms with Crippen molar-refractivity contribution in [1.82, 2.24) is 15.1 Å². The van der Waals surface area contributed by atoms with E-state index in [4.69, 9.17) is 4.74 Å². The molecule has 20 heavy (non-hydrogen) atoms. The Hall–Kier alpha value is -0.650. The van der Waals surface area contributed by atoms with Gasteiger partial charge in [0.05, 0.1) is 6.61 Å². The summed E-state index contributed by atoms with van der Waals surface area (Å²) in [6.07, 6.45) is 1.02. The van der Waals surface area contributed by atoms with E-state index >= 15 is 0 Å². The maximum absolute atomic E-state index is 12.0. The van der Waals surface area contributed by atoms with Gasteiger partial charge in [0.2, 0.25) is 0 Å². The van der Waals surface area contributed by atoms with Gasteiger partial charge < -0.3 is 10.1 Å². The lowest BCUT2D eigenvalue weighted by atomic mass is 10.1. The summed E-state index contributed by atoms with van der Waals surface area (Å²) in [6, 6.07) is 0.359. The predicted molar refractivity (Wildman–Crippen MR) is 81.9 cm³/mol. The third-order valence-corrected chi connectivity index (χ3v) is 3.91. The summed E-state index contributed by atoms with van der Waals surface area (Å²) in [6.45, 7) is 14.7. The minimum Gasteiger partial charge on any atom is -0.465 e. The van der Waals surface area contributed by atoms with Gasteiger partial charge in [0.1, 0.15) is 6.04 Å². The molecule has 0 radical (unpaired) electrons. The normalized spacial score (nSPS) is 22.7. The van der Waals surface area contributed by atoms with Crippen LogP contribution in [0.25, 0.3) is 0 Å². The van der Waals surface area contributed by atoms with Gasteiger partial charge in [-0.2, -0.15) is 0 Å². The lowest BCUT2D eigenvalue weighted by Gasteiger charge is -2.40. The molecule has 0 saturated carbocycles. The molecule has 1 rings (SSSR count). The molecule has 2 atom stereocenters. The molecule has 118 valence electrons. The van der Waals surface area contributed by atoms with E-state index in [1.165, 1.54) is 0 Å². The van der Waals surface area contributed by atoms with Crippen molar-refractivity contribution >= 4 is 5.97 Å². The molecule has 5 nitrogen and oxygen atoms in total. The molecule has 1 aliphatic heterocycles. The SMILES string of the molecule is CCCNC(CN1CCN(CC)C(C)C1)C(=O)OCC. The Morgan fingerprint density at radius 1 is 1.35 bits per heavy atom. The van der Waals surface area contributed by atoms with Gasteiger partial charge in [0.25, 0.3) is 0 Å². The Labute approximate surface area is 123 Å². The number of nitrogens with one attached hydrogen (secondary N) is 1. The molecule has 1 heterocycles. The van der Waals surface area contributed by atoms with E-state index in [0.29, 0.717) is 12.6 Å². The van der Waals surface area contributed by atoms with Gasteiger partial charge in [-0.25, -0.2) is 0 Å². The number of hydrogen-bond acceptors (Lipinski definition) is 5. The van der Waals surface area contributed by atoms with Crippen LogP contribution in [0.4, 0.5) is 0 Å². The second-order valence-electron chi connectivity index (χ2n) is 5.50. The molecular weight excluding hydrogens is 254 g/mol. The maximum atomic E-state index is 12.0. The number of carbonyl (C=O) groups excluding carboxylic acids is 1.